The van der Waals surface area contributed by atoms with Crippen molar-refractivity contribution in [3.05, 3.63) is 84.5 Å². The number of ether oxygens (including phenoxy) is 1. The Bertz CT molecular complexity index is 928. The average molecular weight is 428 g/mol. The van der Waals surface area contributed by atoms with Crippen molar-refractivity contribution in [2.75, 3.05) is 6.61 Å². The molecule has 0 heterocycles. The van der Waals surface area contributed by atoms with E-state index in [1.807, 2.05) is 0 Å². The van der Waals surface area contributed by atoms with E-state index in [4.69, 9.17) is 9.84 Å². The van der Waals surface area contributed by atoms with E-state index < -0.39 is 51.5 Å². The largest absolute Gasteiger partial charge is 0.478 e. The van der Waals surface area contributed by atoms with E-state index in [0.29, 0.717) is 37.0 Å². The molecule has 0 spiro atoms. The van der Waals surface area contributed by atoms with Crippen molar-refractivity contribution in [3.8, 4) is 0 Å². The molecule has 0 fully saturated rings. The number of carbonyl (C=O) groups excluding carboxylic acids is 1. The number of aromatic carboxylic acids is 3. The van der Waals surface area contributed by atoms with Crippen molar-refractivity contribution in [1.29, 1.82) is 0 Å². The molecular weight excluding hydrogens is 404 g/mol. The highest BCUT2D eigenvalue weighted by Gasteiger charge is 2.31. The first-order valence-corrected chi connectivity index (χ1v) is 9.10. The van der Waals surface area contributed by atoms with E-state index in [2.05, 4.69) is 26.3 Å². The monoisotopic (exact) mass is 428 g/mol. The molecule has 3 N–H and O–H groups in total. The predicted octanol–water partition coefficient (Wildman–Crippen LogP) is 4.21. The Labute approximate surface area is 179 Å². The Hall–Kier alpha value is -3.94. The summed E-state index contributed by atoms with van der Waals surface area (Å²) in [5.41, 5.74) is -2.80. The maximum Gasteiger partial charge on any atom is 0.339 e. The fourth-order valence-corrected chi connectivity index (χ4v) is 3.19. The lowest BCUT2D eigenvalue weighted by molar-refractivity contribution is 0.0507. The number of hydrogen-bond acceptors (Lipinski definition) is 5. The SMILES string of the molecule is C=CCC(CC=C)(CC=C)C(=C)COC(=O)c1cc(C(=O)O)c(C(=O)O)cc1C(=O)O. The van der Waals surface area contributed by atoms with Crippen LogP contribution in [0.3, 0.4) is 0 Å². The predicted molar refractivity (Wildman–Crippen MR) is 114 cm³/mol. The van der Waals surface area contributed by atoms with Crippen LogP contribution in [-0.2, 0) is 4.74 Å². The number of carboxylic acid groups (broad SMARTS) is 3. The minimum atomic E-state index is -1.64. The number of benzene rings is 1. The van der Waals surface area contributed by atoms with Gasteiger partial charge in [0.25, 0.3) is 0 Å². The highest BCUT2D eigenvalue weighted by molar-refractivity contribution is 6.09. The van der Waals surface area contributed by atoms with Gasteiger partial charge in [0.05, 0.1) is 22.3 Å². The maximum atomic E-state index is 12.6. The van der Waals surface area contributed by atoms with E-state index in [1.54, 1.807) is 18.2 Å². The molecule has 164 valence electrons. The molecule has 0 aliphatic rings. The van der Waals surface area contributed by atoms with E-state index in [1.165, 1.54) is 0 Å². The molecule has 0 amide bonds. The van der Waals surface area contributed by atoms with Gasteiger partial charge in [-0.2, -0.15) is 0 Å². The molecule has 8 nitrogen and oxygen atoms in total. The molecule has 0 bridgehead atoms. The lowest BCUT2D eigenvalue weighted by Crippen LogP contribution is -2.25. The van der Waals surface area contributed by atoms with E-state index in [-0.39, 0.29) is 6.61 Å². The molecule has 0 aromatic heterocycles. The summed E-state index contributed by atoms with van der Waals surface area (Å²) in [5.74, 6) is -6.00. The van der Waals surface area contributed by atoms with E-state index in [9.17, 15) is 29.4 Å². The summed E-state index contributed by atoms with van der Waals surface area (Å²) >= 11 is 0. The number of allylic oxidation sites excluding steroid dienone is 3. The van der Waals surface area contributed by atoms with Crippen molar-refractivity contribution in [2.24, 2.45) is 5.41 Å². The third-order valence-corrected chi connectivity index (χ3v) is 4.80. The molecule has 0 atom stereocenters. The molecular formula is C23H24O8. The van der Waals surface area contributed by atoms with Crippen LogP contribution in [0.15, 0.2) is 62.2 Å². The number of rotatable bonds is 13. The van der Waals surface area contributed by atoms with Gasteiger partial charge >= 0.3 is 23.9 Å². The van der Waals surface area contributed by atoms with Crippen LogP contribution < -0.4 is 0 Å². The highest BCUT2D eigenvalue weighted by Crippen LogP contribution is 2.39. The van der Waals surface area contributed by atoms with Crippen molar-refractivity contribution >= 4 is 23.9 Å². The van der Waals surface area contributed by atoms with Crippen LogP contribution in [0.5, 0.6) is 0 Å². The van der Waals surface area contributed by atoms with Crippen LogP contribution in [0, 0.1) is 5.41 Å². The average Bonchev–Trinajstić information content (AvgIpc) is 2.70. The molecule has 8 heteroatoms. The first-order chi connectivity index (χ1) is 14.5. The smallest absolute Gasteiger partial charge is 0.339 e. The van der Waals surface area contributed by atoms with Gasteiger partial charge in [-0.3, -0.25) is 0 Å². The lowest BCUT2D eigenvalue weighted by Gasteiger charge is -2.33. The van der Waals surface area contributed by atoms with Gasteiger partial charge in [0.1, 0.15) is 6.61 Å². The highest BCUT2D eigenvalue weighted by atomic mass is 16.5. The quantitative estimate of drug-likeness (QED) is 0.314. The zero-order valence-corrected chi connectivity index (χ0v) is 16.9. The third kappa shape index (κ3) is 5.79. The van der Waals surface area contributed by atoms with Crippen LogP contribution in [0.1, 0.15) is 60.7 Å². The number of carbonyl (C=O) groups is 4. The third-order valence-electron chi connectivity index (χ3n) is 4.80. The first kappa shape index (κ1) is 25.1. The molecule has 31 heavy (non-hydrogen) atoms. The van der Waals surface area contributed by atoms with Crippen molar-refractivity contribution in [1.82, 2.24) is 0 Å². The Balaban J connectivity index is 3.31. The summed E-state index contributed by atoms with van der Waals surface area (Å²) in [7, 11) is 0. The van der Waals surface area contributed by atoms with Crippen LogP contribution in [0.2, 0.25) is 0 Å². The minimum Gasteiger partial charge on any atom is -0.478 e. The van der Waals surface area contributed by atoms with Crippen molar-refractivity contribution in [3.63, 3.8) is 0 Å². The fraction of sp³-hybridized carbons (Fsp3) is 0.217. The van der Waals surface area contributed by atoms with E-state index in [0.717, 1.165) is 0 Å². The Morgan fingerprint density at radius 3 is 1.48 bits per heavy atom. The molecule has 0 aliphatic heterocycles. The van der Waals surface area contributed by atoms with Gasteiger partial charge in [-0.15, -0.1) is 19.7 Å². The van der Waals surface area contributed by atoms with Gasteiger partial charge in [-0.05, 0) is 37.0 Å². The van der Waals surface area contributed by atoms with Crippen molar-refractivity contribution in [2.45, 2.75) is 19.3 Å². The van der Waals surface area contributed by atoms with E-state index >= 15 is 0 Å². The second-order valence-electron chi connectivity index (χ2n) is 6.80. The molecule has 0 unspecified atom stereocenters. The zero-order valence-electron chi connectivity index (χ0n) is 16.9. The van der Waals surface area contributed by atoms with Gasteiger partial charge in [0, 0.05) is 5.41 Å². The number of carboxylic acids is 3. The molecule has 1 rings (SSSR count). The second-order valence-corrected chi connectivity index (χ2v) is 6.80. The Morgan fingerprint density at radius 1 is 0.774 bits per heavy atom. The van der Waals surface area contributed by atoms with Gasteiger partial charge in [-0.1, -0.05) is 24.8 Å². The number of hydrogen-bond donors (Lipinski definition) is 3. The number of esters is 1. The first-order valence-electron chi connectivity index (χ1n) is 9.10. The molecule has 0 radical (unpaired) electrons. The van der Waals surface area contributed by atoms with Crippen LogP contribution >= 0.6 is 0 Å². The normalized spacial score (nSPS) is 10.6. The molecule has 1 aromatic rings. The molecule has 1 aromatic carbocycles. The summed E-state index contributed by atoms with van der Waals surface area (Å²) in [4.78, 5) is 46.8. The fourth-order valence-electron chi connectivity index (χ4n) is 3.19. The second kappa shape index (κ2) is 10.7. The van der Waals surface area contributed by atoms with Crippen molar-refractivity contribution < 1.29 is 39.2 Å². The topological polar surface area (TPSA) is 138 Å². The standard InChI is InChI=1S/C23H24O8/c1-5-8-23(9-6-2,10-7-3)14(4)13-31-22(30)18-12-16(20(26)27)15(19(24)25)11-17(18)21(28)29/h5-7,11-12H,1-4,8-10,13H2,(H,24,25)(H,26,27)(H,28,29). The van der Waals surface area contributed by atoms with Gasteiger partial charge in [0.2, 0.25) is 0 Å². The maximum absolute atomic E-state index is 12.6. The zero-order chi connectivity index (χ0) is 23.8. The van der Waals surface area contributed by atoms with Crippen LogP contribution in [0.25, 0.3) is 0 Å². The van der Waals surface area contributed by atoms with Gasteiger partial charge in [0.15, 0.2) is 0 Å². The molecule has 0 saturated carbocycles. The van der Waals surface area contributed by atoms with Crippen LogP contribution in [-0.4, -0.2) is 45.8 Å². The summed E-state index contributed by atoms with van der Waals surface area (Å²) in [6.45, 7) is 14.9. The van der Waals surface area contributed by atoms with Gasteiger partial charge < -0.3 is 20.1 Å². The Morgan fingerprint density at radius 2 is 1.13 bits per heavy atom. The molecule has 0 saturated heterocycles. The molecule has 0 aliphatic carbocycles. The summed E-state index contributed by atoms with van der Waals surface area (Å²) < 4.78 is 5.22. The van der Waals surface area contributed by atoms with Gasteiger partial charge in [-0.25, -0.2) is 19.2 Å². The summed E-state index contributed by atoms with van der Waals surface area (Å²) in [6.07, 6.45) is 6.56. The van der Waals surface area contributed by atoms with Crippen LogP contribution in [0.4, 0.5) is 0 Å². The lowest BCUT2D eigenvalue weighted by atomic mass is 9.72. The summed E-state index contributed by atoms with van der Waals surface area (Å²) in [6, 6.07) is 1.31. The minimum absolute atomic E-state index is 0.281. The summed E-state index contributed by atoms with van der Waals surface area (Å²) in [5, 5.41) is 27.8. The Kier molecular flexibility index (Phi) is 8.68.